The maximum atomic E-state index is 12.2. The van der Waals surface area contributed by atoms with E-state index in [1.54, 1.807) is 17.5 Å². The summed E-state index contributed by atoms with van der Waals surface area (Å²) in [5.74, 6) is 0. The topological polar surface area (TPSA) is 71.8 Å². The Morgan fingerprint density at radius 1 is 1.12 bits per heavy atom. The van der Waals surface area contributed by atoms with Gasteiger partial charge < -0.3 is 10.7 Å². The molecule has 0 unspecified atom stereocenters. The van der Waals surface area contributed by atoms with Gasteiger partial charge in [0, 0.05) is 27.7 Å². The standard InChI is InChI=1S/C21H19N3OS/c1-21(2,22)14-7-5-13(6-8-14)19-16(18-4-3-11-26-18)12-15-17(24-19)9-10-23-20(15)25/h3-12H,22H2,1-2H3,(H,23,25). The molecule has 1 aromatic carbocycles. The molecule has 3 heterocycles. The van der Waals surface area contributed by atoms with Crippen LogP contribution in [0.2, 0.25) is 0 Å². The van der Waals surface area contributed by atoms with Crippen LogP contribution in [0.4, 0.5) is 0 Å². The summed E-state index contributed by atoms with van der Waals surface area (Å²) in [6, 6.07) is 16.0. The van der Waals surface area contributed by atoms with Crippen LogP contribution in [0, 0.1) is 0 Å². The Kier molecular flexibility index (Phi) is 3.98. The summed E-state index contributed by atoms with van der Waals surface area (Å²) >= 11 is 1.63. The molecule has 0 amide bonds. The van der Waals surface area contributed by atoms with E-state index in [4.69, 9.17) is 10.7 Å². The highest BCUT2D eigenvalue weighted by molar-refractivity contribution is 7.13. The summed E-state index contributed by atoms with van der Waals surface area (Å²) in [5.41, 5.74) is 10.3. The van der Waals surface area contributed by atoms with Crippen molar-refractivity contribution in [2.45, 2.75) is 19.4 Å². The molecule has 0 radical (unpaired) electrons. The van der Waals surface area contributed by atoms with Gasteiger partial charge >= 0.3 is 0 Å². The van der Waals surface area contributed by atoms with E-state index in [0.29, 0.717) is 10.9 Å². The van der Waals surface area contributed by atoms with Gasteiger partial charge in [-0.25, -0.2) is 4.98 Å². The van der Waals surface area contributed by atoms with Gasteiger partial charge in [0.1, 0.15) is 0 Å². The zero-order chi connectivity index (χ0) is 18.3. The second kappa shape index (κ2) is 6.20. The average Bonchev–Trinajstić information content (AvgIpc) is 3.15. The van der Waals surface area contributed by atoms with Gasteiger partial charge in [0.25, 0.3) is 5.56 Å². The lowest BCUT2D eigenvalue weighted by molar-refractivity contribution is 0.554. The summed E-state index contributed by atoms with van der Waals surface area (Å²) < 4.78 is 0. The predicted octanol–water partition coefficient (Wildman–Crippen LogP) is 4.51. The first-order valence-electron chi connectivity index (χ1n) is 8.39. The normalized spacial score (nSPS) is 11.8. The summed E-state index contributed by atoms with van der Waals surface area (Å²) in [4.78, 5) is 20.8. The number of nitrogens with zero attached hydrogens (tertiary/aromatic N) is 1. The quantitative estimate of drug-likeness (QED) is 0.564. The third-order valence-corrected chi connectivity index (χ3v) is 5.34. The molecule has 0 saturated heterocycles. The number of nitrogens with one attached hydrogen (secondary N) is 1. The minimum absolute atomic E-state index is 0.125. The van der Waals surface area contributed by atoms with Crippen LogP contribution in [0.1, 0.15) is 19.4 Å². The van der Waals surface area contributed by atoms with Gasteiger partial charge in [-0.05, 0) is 43.0 Å². The second-order valence-corrected chi connectivity index (χ2v) is 7.85. The van der Waals surface area contributed by atoms with Crippen LogP contribution in [-0.4, -0.2) is 9.97 Å². The Morgan fingerprint density at radius 2 is 1.88 bits per heavy atom. The number of aromatic nitrogens is 2. The summed E-state index contributed by atoms with van der Waals surface area (Å²) in [6.45, 7) is 3.97. The number of nitrogens with two attached hydrogens (primary N) is 1. The maximum Gasteiger partial charge on any atom is 0.257 e. The van der Waals surface area contributed by atoms with E-state index in [1.807, 2.05) is 67.8 Å². The Morgan fingerprint density at radius 3 is 2.54 bits per heavy atom. The molecule has 3 aromatic heterocycles. The average molecular weight is 361 g/mol. The fourth-order valence-corrected chi connectivity index (χ4v) is 3.75. The predicted molar refractivity (Wildman–Crippen MR) is 108 cm³/mol. The number of H-pyrrole nitrogens is 1. The highest BCUT2D eigenvalue weighted by Gasteiger charge is 2.16. The van der Waals surface area contributed by atoms with Crippen LogP contribution in [0.5, 0.6) is 0 Å². The van der Waals surface area contributed by atoms with E-state index in [9.17, 15) is 4.79 Å². The van der Waals surface area contributed by atoms with E-state index in [0.717, 1.165) is 27.3 Å². The third kappa shape index (κ3) is 2.96. The van der Waals surface area contributed by atoms with Gasteiger partial charge in [0.05, 0.1) is 16.6 Å². The number of aromatic amines is 1. The lowest BCUT2D eigenvalue weighted by Gasteiger charge is -2.19. The number of hydrogen-bond acceptors (Lipinski definition) is 4. The Bertz CT molecular complexity index is 1120. The molecule has 130 valence electrons. The van der Waals surface area contributed by atoms with E-state index < -0.39 is 0 Å². The molecule has 0 aliphatic heterocycles. The molecule has 0 spiro atoms. The van der Waals surface area contributed by atoms with Crippen LogP contribution in [0.25, 0.3) is 32.6 Å². The summed E-state index contributed by atoms with van der Waals surface area (Å²) in [5, 5.41) is 2.62. The molecule has 0 fully saturated rings. The van der Waals surface area contributed by atoms with Gasteiger partial charge in [-0.2, -0.15) is 0 Å². The van der Waals surface area contributed by atoms with E-state index in [2.05, 4.69) is 4.98 Å². The smallest absolute Gasteiger partial charge is 0.257 e. The summed E-state index contributed by atoms with van der Waals surface area (Å²) in [7, 11) is 0. The first-order valence-corrected chi connectivity index (χ1v) is 9.27. The number of fused-ring (bicyclic) bond motifs is 1. The van der Waals surface area contributed by atoms with E-state index in [-0.39, 0.29) is 11.1 Å². The van der Waals surface area contributed by atoms with Gasteiger partial charge in [-0.1, -0.05) is 30.3 Å². The molecule has 3 N–H and O–H groups in total. The van der Waals surface area contributed by atoms with Crippen LogP contribution in [0.3, 0.4) is 0 Å². The zero-order valence-corrected chi connectivity index (χ0v) is 15.4. The fraction of sp³-hybridized carbons (Fsp3) is 0.143. The Hall–Kier alpha value is -2.76. The first-order chi connectivity index (χ1) is 12.4. The van der Waals surface area contributed by atoms with Crippen LogP contribution >= 0.6 is 11.3 Å². The lowest BCUT2D eigenvalue weighted by Crippen LogP contribution is -2.28. The molecule has 0 aliphatic rings. The first kappa shape index (κ1) is 16.7. The van der Waals surface area contributed by atoms with Gasteiger partial charge in [0.15, 0.2) is 0 Å². The lowest BCUT2D eigenvalue weighted by atomic mass is 9.93. The molecule has 4 rings (SSSR count). The fourth-order valence-electron chi connectivity index (χ4n) is 3.01. The number of thiophene rings is 1. The number of benzene rings is 1. The maximum absolute atomic E-state index is 12.2. The highest BCUT2D eigenvalue weighted by atomic mass is 32.1. The zero-order valence-electron chi connectivity index (χ0n) is 14.6. The molecule has 0 bridgehead atoms. The van der Waals surface area contributed by atoms with Crippen molar-refractivity contribution in [1.29, 1.82) is 0 Å². The van der Waals surface area contributed by atoms with Crippen molar-refractivity contribution in [3.63, 3.8) is 0 Å². The van der Waals surface area contributed by atoms with E-state index >= 15 is 0 Å². The van der Waals surface area contributed by atoms with Crippen molar-refractivity contribution in [3.05, 3.63) is 76.0 Å². The van der Waals surface area contributed by atoms with Crippen LogP contribution in [0.15, 0.2) is 64.9 Å². The molecule has 4 aromatic rings. The molecular weight excluding hydrogens is 342 g/mol. The monoisotopic (exact) mass is 361 g/mol. The highest BCUT2D eigenvalue weighted by Crippen LogP contribution is 2.35. The summed E-state index contributed by atoms with van der Waals surface area (Å²) in [6.07, 6.45) is 1.63. The minimum atomic E-state index is -0.390. The van der Waals surface area contributed by atoms with Gasteiger partial charge in [-0.3, -0.25) is 4.79 Å². The SMILES string of the molecule is CC(C)(N)c1ccc(-c2nc3cc[nH]c(=O)c3cc2-c2cccs2)cc1. The molecule has 4 nitrogen and oxygen atoms in total. The number of rotatable bonds is 3. The van der Waals surface area contributed by atoms with E-state index in [1.165, 1.54) is 0 Å². The van der Waals surface area contributed by atoms with Gasteiger partial charge in [0.2, 0.25) is 0 Å². The van der Waals surface area contributed by atoms with Crippen LogP contribution in [-0.2, 0) is 5.54 Å². The Balaban J connectivity index is 1.96. The van der Waals surface area contributed by atoms with Crippen molar-refractivity contribution in [2.24, 2.45) is 5.73 Å². The largest absolute Gasteiger partial charge is 0.328 e. The van der Waals surface area contributed by atoms with Crippen molar-refractivity contribution in [3.8, 4) is 21.7 Å². The molecule has 0 saturated carbocycles. The van der Waals surface area contributed by atoms with Crippen molar-refractivity contribution < 1.29 is 0 Å². The van der Waals surface area contributed by atoms with Crippen molar-refractivity contribution in [2.75, 3.05) is 0 Å². The molecule has 0 atom stereocenters. The third-order valence-electron chi connectivity index (χ3n) is 4.44. The molecular formula is C21H19N3OS. The number of pyridine rings is 2. The molecule has 26 heavy (non-hydrogen) atoms. The van der Waals surface area contributed by atoms with Crippen molar-refractivity contribution >= 4 is 22.2 Å². The van der Waals surface area contributed by atoms with Crippen LogP contribution < -0.4 is 11.3 Å². The molecule has 0 aliphatic carbocycles. The second-order valence-electron chi connectivity index (χ2n) is 6.90. The molecule has 5 heteroatoms. The Labute approximate surface area is 155 Å². The van der Waals surface area contributed by atoms with Gasteiger partial charge in [-0.15, -0.1) is 11.3 Å². The van der Waals surface area contributed by atoms with Crippen molar-refractivity contribution in [1.82, 2.24) is 9.97 Å². The number of hydrogen-bond donors (Lipinski definition) is 2. The minimum Gasteiger partial charge on any atom is -0.328 e.